The molecule has 32 heavy (non-hydrogen) atoms. The molecular weight excluding hydrogens is 398 g/mol. The number of rotatable bonds is 2. The monoisotopic (exact) mass is 415 g/mol. The molecule has 4 rings (SSSR count). The molecule has 0 N–H and O–H groups in total. The lowest BCUT2D eigenvalue weighted by atomic mass is 9.96. The largest absolute Gasteiger partial charge is 0.332 e. The van der Waals surface area contributed by atoms with Gasteiger partial charge in [0.15, 0.2) is 5.65 Å². The average molecular weight is 415 g/mol. The van der Waals surface area contributed by atoms with Crippen LogP contribution in [-0.4, -0.2) is 14.1 Å². The number of aromatic nitrogens is 3. The quantitative estimate of drug-likeness (QED) is 0.575. The van der Waals surface area contributed by atoms with E-state index in [4.69, 9.17) is 4.98 Å². The Labute approximate surface area is 185 Å². The molecule has 7 heteroatoms. The Morgan fingerprint density at radius 3 is 1.97 bits per heavy atom. The van der Waals surface area contributed by atoms with Gasteiger partial charge in [-0.2, -0.15) is 21.0 Å². The fourth-order valence-electron chi connectivity index (χ4n) is 4.18. The summed E-state index contributed by atoms with van der Waals surface area (Å²) in [6.07, 6.45) is 1.77. The van der Waals surface area contributed by atoms with E-state index in [0.29, 0.717) is 40.2 Å². The number of aryl methyl sites for hydroxylation is 3. The van der Waals surface area contributed by atoms with Gasteiger partial charge in [0.05, 0.1) is 5.52 Å². The van der Waals surface area contributed by atoms with Gasteiger partial charge in [-0.15, -0.1) is 0 Å². The predicted octanol–water partition coefficient (Wildman–Crippen LogP) is 4.40. The van der Waals surface area contributed by atoms with Gasteiger partial charge in [0.2, 0.25) is 0 Å². The van der Waals surface area contributed by atoms with Gasteiger partial charge in [-0.3, -0.25) is 0 Å². The zero-order valence-electron chi connectivity index (χ0n) is 17.8. The Hall–Kier alpha value is -4.85. The van der Waals surface area contributed by atoms with Crippen molar-refractivity contribution in [2.75, 3.05) is 0 Å². The predicted molar refractivity (Wildman–Crippen MR) is 120 cm³/mol. The highest BCUT2D eigenvalue weighted by Crippen LogP contribution is 2.48. The van der Waals surface area contributed by atoms with Crippen molar-refractivity contribution in [3.05, 3.63) is 69.7 Å². The first-order valence-electron chi connectivity index (χ1n) is 9.94. The maximum atomic E-state index is 9.66. The number of benzene rings is 1. The summed E-state index contributed by atoms with van der Waals surface area (Å²) in [6.45, 7) is 4.67. The fraction of sp³-hybridized carbons (Fsp3) is 0.160. The number of imidazole rings is 1. The minimum Gasteiger partial charge on any atom is -0.332 e. The van der Waals surface area contributed by atoms with E-state index < -0.39 is 0 Å². The molecule has 0 saturated carbocycles. The van der Waals surface area contributed by atoms with Crippen LogP contribution >= 0.6 is 0 Å². The van der Waals surface area contributed by atoms with Gasteiger partial charge in [0.1, 0.15) is 41.2 Å². The van der Waals surface area contributed by atoms with Gasteiger partial charge >= 0.3 is 0 Å². The standard InChI is InChI=1S/C25H17N7/c1-4-32-21-9-15(2)31(3)25(21)30-22(32)10-20-23(16(11-26)12-27)18-7-5-6-8-19(18)24(20)17(13-28)14-29/h5-10H,4H2,1-3H3. The molecule has 3 aromatic rings. The lowest BCUT2D eigenvalue weighted by molar-refractivity contribution is 0.776. The second-order valence-electron chi connectivity index (χ2n) is 7.32. The number of nitriles is 4. The van der Waals surface area contributed by atoms with Crippen LogP contribution in [0.25, 0.3) is 28.4 Å². The third-order valence-electron chi connectivity index (χ3n) is 5.75. The second kappa shape index (κ2) is 7.77. The summed E-state index contributed by atoms with van der Waals surface area (Å²) in [5.41, 5.74) is 5.28. The highest BCUT2D eigenvalue weighted by molar-refractivity contribution is 6.14. The van der Waals surface area contributed by atoms with Crippen molar-refractivity contribution < 1.29 is 0 Å². The number of hydrogen-bond acceptors (Lipinski definition) is 5. The first-order chi connectivity index (χ1) is 15.5. The number of fused-ring (bicyclic) bond motifs is 2. The van der Waals surface area contributed by atoms with E-state index in [1.54, 1.807) is 30.3 Å². The van der Waals surface area contributed by atoms with Crippen LogP contribution in [0.2, 0.25) is 0 Å². The first kappa shape index (κ1) is 20.4. The molecule has 0 amide bonds. The summed E-state index contributed by atoms with van der Waals surface area (Å²) in [5.74, 6) is 0.622. The van der Waals surface area contributed by atoms with Crippen molar-refractivity contribution in [3.63, 3.8) is 0 Å². The smallest absolute Gasteiger partial charge is 0.159 e. The van der Waals surface area contributed by atoms with Crippen LogP contribution in [-0.2, 0) is 13.6 Å². The third-order valence-corrected chi connectivity index (χ3v) is 5.75. The van der Waals surface area contributed by atoms with E-state index in [1.807, 2.05) is 54.3 Å². The highest BCUT2D eigenvalue weighted by Gasteiger charge is 2.32. The summed E-state index contributed by atoms with van der Waals surface area (Å²) in [5, 5.41) is 38.6. The van der Waals surface area contributed by atoms with Crippen molar-refractivity contribution >= 4 is 28.4 Å². The van der Waals surface area contributed by atoms with Crippen LogP contribution in [0.15, 0.2) is 47.1 Å². The number of hydrogen-bond donors (Lipinski definition) is 0. The average Bonchev–Trinajstić information content (AvgIpc) is 3.40. The molecule has 0 atom stereocenters. The van der Waals surface area contributed by atoms with Crippen LogP contribution in [0.1, 0.15) is 29.6 Å². The van der Waals surface area contributed by atoms with Gasteiger partial charge < -0.3 is 9.13 Å². The molecule has 2 aromatic heterocycles. The Morgan fingerprint density at radius 1 is 0.969 bits per heavy atom. The summed E-state index contributed by atoms with van der Waals surface area (Å²) >= 11 is 0. The summed E-state index contributed by atoms with van der Waals surface area (Å²) < 4.78 is 4.02. The summed E-state index contributed by atoms with van der Waals surface area (Å²) in [7, 11) is 1.94. The lowest BCUT2D eigenvalue weighted by Crippen LogP contribution is -1.99. The van der Waals surface area contributed by atoms with Crippen molar-refractivity contribution in [2.24, 2.45) is 7.05 Å². The Kier molecular flexibility index (Phi) is 4.96. The molecule has 0 spiro atoms. The van der Waals surface area contributed by atoms with Gasteiger partial charge in [0, 0.05) is 30.4 Å². The van der Waals surface area contributed by atoms with Gasteiger partial charge in [-0.05, 0) is 42.7 Å². The van der Waals surface area contributed by atoms with Gasteiger partial charge in [-0.25, -0.2) is 4.98 Å². The van der Waals surface area contributed by atoms with Crippen molar-refractivity contribution in [1.82, 2.24) is 14.1 Å². The summed E-state index contributed by atoms with van der Waals surface area (Å²) in [4.78, 5) is 4.79. The van der Waals surface area contributed by atoms with Crippen LogP contribution in [0.4, 0.5) is 0 Å². The lowest BCUT2D eigenvalue weighted by Gasteiger charge is -2.07. The molecule has 0 radical (unpaired) electrons. The van der Waals surface area contributed by atoms with E-state index >= 15 is 0 Å². The molecule has 152 valence electrons. The molecule has 2 heterocycles. The van der Waals surface area contributed by atoms with Crippen LogP contribution in [0.3, 0.4) is 0 Å². The van der Waals surface area contributed by atoms with Crippen LogP contribution in [0.5, 0.6) is 0 Å². The number of nitrogens with zero attached hydrogens (tertiary/aromatic N) is 7. The molecule has 0 aliphatic heterocycles. The molecule has 7 nitrogen and oxygen atoms in total. The zero-order valence-corrected chi connectivity index (χ0v) is 17.8. The second-order valence-corrected chi connectivity index (χ2v) is 7.32. The highest BCUT2D eigenvalue weighted by atomic mass is 15.2. The van der Waals surface area contributed by atoms with Crippen molar-refractivity contribution in [3.8, 4) is 24.3 Å². The number of allylic oxidation sites excluding steroid dienone is 5. The van der Waals surface area contributed by atoms with E-state index in [9.17, 15) is 21.0 Å². The maximum absolute atomic E-state index is 9.66. The molecule has 1 aromatic carbocycles. The normalized spacial score (nSPS) is 12.0. The minimum absolute atomic E-state index is 0.0797. The Bertz CT molecular complexity index is 1450. The Morgan fingerprint density at radius 2 is 1.50 bits per heavy atom. The molecular formula is C25H17N7. The van der Waals surface area contributed by atoms with E-state index in [1.165, 1.54) is 0 Å². The topological polar surface area (TPSA) is 118 Å². The van der Waals surface area contributed by atoms with E-state index in [-0.39, 0.29) is 11.1 Å². The zero-order chi connectivity index (χ0) is 23.0. The molecule has 1 aliphatic carbocycles. The Balaban J connectivity index is 2.15. The molecule has 1 aliphatic rings. The van der Waals surface area contributed by atoms with E-state index in [2.05, 4.69) is 6.07 Å². The molecule has 0 bridgehead atoms. The molecule has 0 unspecified atom stereocenters. The minimum atomic E-state index is -0.0797. The van der Waals surface area contributed by atoms with Crippen LogP contribution in [0, 0.1) is 52.2 Å². The first-order valence-corrected chi connectivity index (χ1v) is 9.94. The van der Waals surface area contributed by atoms with Crippen LogP contribution < -0.4 is 0 Å². The van der Waals surface area contributed by atoms with E-state index in [0.717, 1.165) is 16.9 Å². The van der Waals surface area contributed by atoms with Gasteiger partial charge in [-0.1, -0.05) is 24.3 Å². The summed E-state index contributed by atoms with van der Waals surface area (Å²) in [6, 6.07) is 17.1. The maximum Gasteiger partial charge on any atom is 0.159 e. The van der Waals surface area contributed by atoms with Crippen molar-refractivity contribution in [2.45, 2.75) is 20.4 Å². The molecule has 0 fully saturated rings. The SMILES string of the molecule is CCn1c(C=C2C(=C(C#N)C#N)c3ccccc3C2=C(C#N)C#N)nc2c1cc(C)n2C. The molecule has 0 saturated heterocycles. The third kappa shape index (κ3) is 2.82. The van der Waals surface area contributed by atoms with Crippen molar-refractivity contribution in [1.29, 1.82) is 21.0 Å². The van der Waals surface area contributed by atoms with Gasteiger partial charge in [0.25, 0.3) is 0 Å². The fourth-order valence-corrected chi connectivity index (χ4v) is 4.18.